The molecule has 0 radical (unpaired) electrons. The monoisotopic (exact) mass is 282 g/mol. The van der Waals surface area contributed by atoms with Gasteiger partial charge in [-0.05, 0) is 44.9 Å². The van der Waals surface area contributed by atoms with Gasteiger partial charge in [-0.2, -0.15) is 13.2 Å². The Hall–Kier alpha value is -1.78. The molecule has 0 spiro atoms. The Balaban J connectivity index is 2.91. The van der Waals surface area contributed by atoms with Gasteiger partial charge in [0, 0.05) is 23.2 Å². The van der Waals surface area contributed by atoms with Crippen molar-refractivity contribution in [3.63, 3.8) is 0 Å². The van der Waals surface area contributed by atoms with Crippen LogP contribution in [0.3, 0.4) is 0 Å². The molecule has 0 unspecified atom stereocenters. The van der Waals surface area contributed by atoms with E-state index in [1.165, 1.54) is 6.92 Å². The first-order chi connectivity index (χ1) is 9.25. The summed E-state index contributed by atoms with van der Waals surface area (Å²) in [5.74, 6) is 0. The number of hydrogen-bond acceptors (Lipinski definition) is 2. The van der Waals surface area contributed by atoms with E-state index in [-0.39, 0.29) is 5.56 Å². The summed E-state index contributed by atoms with van der Waals surface area (Å²) in [6, 6.07) is 3.65. The Morgan fingerprint density at radius 2 is 1.80 bits per heavy atom. The molecule has 5 heteroatoms. The second-order valence-corrected chi connectivity index (χ2v) is 4.96. The standard InChI is InChI=1S/C15H17F3N2/c1-5-19-13-10(4)14(15(16,17)18)20-11-7-8(2)6-9(3)12(11)13/h6-7H,5H2,1-4H3,(H,19,20). The van der Waals surface area contributed by atoms with Gasteiger partial charge in [-0.15, -0.1) is 0 Å². The molecule has 0 aliphatic carbocycles. The molecular weight excluding hydrogens is 265 g/mol. The molecule has 108 valence electrons. The maximum absolute atomic E-state index is 13.1. The van der Waals surface area contributed by atoms with E-state index < -0.39 is 11.9 Å². The largest absolute Gasteiger partial charge is 0.433 e. The van der Waals surface area contributed by atoms with E-state index in [0.717, 1.165) is 16.5 Å². The Labute approximate surface area is 116 Å². The summed E-state index contributed by atoms with van der Waals surface area (Å²) in [5.41, 5.74) is 2.09. The number of benzene rings is 1. The van der Waals surface area contributed by atoms with Crippen LogP contribution < -0.4 is 5.32 Å². The predicted molar refractivity (Wildman–Crippen MR) is 75.1 cm³/mol. The molecule has 1 aromatic heterocycles. The number of aryl methyl sites for hydroxylation is 2. The number of halogens is 3. The summed E-state index contributed by atoms with van der Waals surface area (Å²) in [5, 5.41) is 3.82. The molecule has 1 heterocycles. The third-order valence-electron chi connectivity index (χ3n) is 3.29. The van der Waals surface area contributed by atoms with Crippen LogP contribution in [0.25, 0.3) is 10.9 Å². The zero-order chi connectivity index (χ0) is 15.1. The molecule has 0 saturated carbocycles. The van der Waals surface area contributed by atoms with E-state index in [1.807, 2.05) is 26.8 Å². The Bertz CT molecular complexity index is 660. The van der Waals surface area contributed by atoms with Gasteiger partial charge >= 0.3 is 6.18 Å². The van der Waals surface area contributed by atoms with Gasteiger partial charge in [0.15, 0.2) is 0 Å². The minimum absolute atomic E-state index is 0.152. The van der Waals surface area contributed by atoms with Gasteiger partial charge in [0.2, 0.25) is 0 Å². The number of nitrogens with one attached hydrogen (secondary N) is 1. The van der Waals surface area contributed by atoms with Crippen molar-refractivity contribution in [1.29, 1.82) is 0 Å². The van der Waals surface area contributed by atoms with Crippen LogP contribution in [0.5, 0.6) is 0 Å². The van der Waals surface area contributed by atoms with E-state index in [1.54, 1.807) is 6.07 Å². The summed E-state index contributed by atoms with van der Waals surface area (Å²) in [6.45, 7) is 7.64. The van der Waals surface area contributed by atoms with Crippen LogP contribution in [0.15, 0.2) is 12.1 Å². The van der Waals surface area contributed by atoms with Gasteiger partial charge in [-0.1, -0.05) is 6.07 Å². The van der Waals surface area contributed by atoms with Crippen LogP contribution in [0.2, 0.25) is 0 Å². The van der Waals surface area contributed by atoms with E-state index in [0.29, 0.717) is 17.7 Å². The number of fused-ring (bicyclic) bond motifs is 1. The first-order valence-electron chi connectivity index (χ1n) is 6.48. The fourth-order valence-corrected chi connectivity index (χ4v) is 2.54. The highest BCUT2D eigenvalue weighted by atomic mass is 19.4. The van der Waals surface area contributed by atoms with Crippen LogP contribution in [0.4, 0.5) is 18.9 Å². The molecule has 0 bridgehead atoms. The molecule has 0 atom stereocenters. The lowest BCUT2D eigenvalue weighted by atomic mass is 10.0. The molecule has 0 fully saturated rings. The summed E-state index contributed by atoms with van der Waals surface area (Å²) in [7, 11) is 0. The van der Waals surface area contributed by atoms with Crippen molar-refractivity contribution >= 4 is 16.6 Å². The minimum atomic E-state index is -4.44. The normalized spacial score (nSPS) is 11.9. The van der Waals surface area contributed by atoms with Crippen molar-refractivity contribution in [2.24, 2.45) is 0 Å². The van der Waals surface area contributed by atoms with Gasteiger partial charge in [0.25, 0.3) is 0 Å². The third-order valence-corrected chi connectivity index (χ3v) is 3.29. The number of nitrogens with zero attached hydrogens (tertiary/aromatic N) is 1. The maximum atomic E-state index is 13.1. The third kappa shape index (κ3) is 2.44. The van der Waals surface area contributed by atoms with Crippen LogP contribution in [-0.2, 0) is 6.18 Å². The Morgan fingerprint density at radius 1 is 1.15 bits per heavy atom. The Kier molecular flexibility index (Phi) is 3.63. The molecule has 1 aromatic carbocycles. The van der Waals surface area contributed by atoms with Crippen LogP contribution >= 0.6 is 0 Å². The fraction of sp³-hybridized carbons (Fsp3) is 0.400. The van der Waals surface area contributed by atoms with Crippen LogP contribution in [-0.4, -0.2) is 11.5 Å². The molecule has 0 aliphatic rings. The van der Waals surface area contributed by atoms with Gasteiger partial charge in [0.05, 0.1) is 5.52 Å². The zero-order valence-corrected chi connectivity index (χ0v) is 11.9. The van der Waals surface area contributed by atoms with E-state index in [4.69, 9.17) is 0 Å². The van der Waals surface area contributed by atoms with E-state index in [9.17, 15) is 13.2 Å². The second kappa shape index (κ2) is 4.96. The minimum Gasteiger partial charge on any atom is -0.384 e. The molecular formula is C15H17F3N2. The van der Waals surface area contributed by atoms with Gasteiger partial charge in [0.1, 0.15) is 5.69 Å². The second-order valence-electron chi connectivity index (χ2n) is 4.96. The Morgan fingerprint density at radius 3 is 2.35 bits per heavy atom. The summed E-state index contributed by atoms with van der Waals surface area (Å²) >= 11 is 0. The van der Waals surface area contributed by atoms with E-state index in [2.05, 4.69) is 10.3 Å². The van der Waals surface area contributed by atoms with Gasteiger partial charge in [-0.25, -0.2) is 4.98 Å². The quantitative estimate of drug-likeness (QED) is 0.870. The highest BCUT2D eigenvalue weighted by Crippen LogP contribution is 2.38. The van der Waals surface area contributed by atoms with Crippen LogP contribution in [0.1, 0.15) is 29.3 Å². The lowest BCUT2D eigenvalue weighted by Gasteiger charge is -2.18. The molecule has 1 N–H and O–H groups in total. The van der Waals surface area contributed by atoms with Crippen molar-refractivity contribution in [2.75, 3.05) is 11.9 Å². The molecule has 0 amide bonds. The summed E-state index contributed by atoms with van der Waals surface area (Å²) in [6.07, 6.45) is -4.44. The number of rotatable bonds is 2. The highest BCUT2D eigenvalue weighted by molar-refractivity contribution is 5.96. The average molecular weight is 282 g/mol. The van der Waals surface area contributed by atoms with Crippen molar-refractivity contribution in [1.82, 2.24) is 4.98 Å². The lowest BCUT2D eigenvalue weighted by molar-refractivity contribution is -0.141. The van der Waals surface area contributed by atoms with Crippen LogP contribution in [0, 0.1) is 20.8 Å². The molecule has 2 aromatic rings. The van der Waals surface area contributed by atoms with Crippen molar-refractivity contribution in [3.8, 4) is 0 Å². The molecule has 2 nitrogen and oxygen atoms in total. The predicted octanol–water partition coefficient (Wildman–Crippen LogP) is 4.61. The molecule has 20 heavy (non-hydrogen) atoms. The number of anilines is 1. The molecule has 0 aliphatic heterocycles. The summed E-state index contributed by atoms with van der Waals surface area (Å²) in [4.78, 5) is 3.85. The first kappa shape index (κ1) is 14.6. The smallest absolute Gasteiger partial charge is 0.384 e. The maximum Gasteiger partial charge on any atom is 0.433 e. The molecule has 0 saturated heterocycles. The highest BCUT2D eigenvalue weighted by Gasteiger charge is 2.36. The molecule has 2 rings (SSSR count). The van der Waals surface area contributed by atoms with Crippen molar-refractivity contribution in [2.45, 2.75) is 33.9 Å². The number of pyridine rings is 1. The van der Waals surface area contributed by atoms with Gasteiger partial charge in [-0.3, -0.25) is 0 Å². The van der Waals surface area contributed by atoms with Crippen molar-refractivity contribution in [3.05, 3.63) is 34.5 Å². The fourth-order valence-electron chi connectivity index (χ4n) is 2.54. The summed E-state index contributed by atoms with van der Waals surface area (Å²) < 4.78 is 39.3. The topological polar surface area (TPSA) is 24.9 Å². The lowest BCUT2D eigenvalue weighted by Crippen LogP contribution is -2.14. The number of hydrogen-bond donors (Lipinski definition) is 1. The van der Waals surface area contributed by atoms with Crippen molar-refractivity contribution < 1.29 is 13.2 Å². The zero-order valence-electron chi connectivity index (χ0n) is 11.9. The van der Waals surface area contributed by atoms with Gasteiger partial charge < -0.3 is 5.32 Å². The number of alkyl halides is 3. The average Bonchev–Trinajstić information content (AvgIpc) is 2.30. The number of aromatic nitrogens is 1. The van der Waals surface area contributed by atoms with E-state index >= 15 is 0 Å². The SMILES string of the molecule is CCNc1c(C)c(C(F)(F)F)nc2cc(C)cc(C)c12. The first-order valence-corrected chi connectivity index (χ1v) is 6.48.